The number of fused-ring (bicyclic) bond motifs is 1. The lowest BCUT2D eigenvalue weighted by Gasteiger charge is -2.44. The first-order chi connectivity index (χ1) is 18.9. The molecule has 3 aliphatic carbocycles. The monoisotopic (exact) mass is 560 g/mol. The van der Waals surface area contributed by atoms with Crippen LogP contribution in [0.5, 0.6) is 0 Å². The molecule has 1 saturated heterocycles. The van der Waals surface area contributed by atoms with Crippen molar-refractivity contribution in [1.29, 1.82) is 0 Å². The molecule has 10 unspecified atom stereocenters. The fraction of sp³-hybridized carbons (Fsp3) is 0.788. The lowest BCUT2D eigenvalue weighted by Crippen LogP contribution is -2.60. The Kier molecular flexibility index (Phi) is 10.4. The molecule has 10 atom stereocenters. The maximum absolute atomic E-state index is 11.5. The molecule has 4 fully saturated rings. The van der Waals surface area contributed by atoms with Gasteiger partial charge in [0, 0.05) is 0 Å². The second-order valence-electron chi connectivity index (χ2n) is 13.7. The van der Waals surface area contributed by atoms with E-state index in [2.05, 4.69) is 46.4 Å². The molecular weight excluding hydrogens is 508 g/mol. The Morgan fingerprint density at radius 2 is 1.82 bits per heavy atom. The van der Waals surface area contributed by atoms with Gasteiger partial charge in [-0.1, -0.05) is 76.8 Å². The van der Waals surface area contributed by atoms with Crippen molar-refractivity contribution >= 4 is 5.97 Å². The Bertz CT molecular complexity index is 970. The van der Waals surface area contributed by atoms with Crippen LogP contribution in [0, 0.1) is 29.1 Å². The van der Waals surface area contributed by atoms with Gasteiger partial charge >= 0.3 is 5.97 Å². The predicted molar refractivity (Wildman–Crippen MR) is 154 cm³/mol. The number of aliphatic hydroxyl groups excluding tert-OH is 3. The molecular formula is C33H52O7. The molecule has 226 valence electrons. The number of ether oxygens (including phenoxy) is 2. The highest BCUT2D eigenvalue weighted by molar-refractivity contribution is 5.73. The van der Waals surface area contributed by atoms with Crippen LogP contribution in [0.15, 0.2) is 35.5 Å². The number of hydrogen-bond donors (Lipinski definition) is 4. The van der Waals surface area contributed by atoms with E-state index in [-0.39, 0.29) is 6.10 Å². The number of rotatable bonds is 9. The number of allylic oxidation sites excluding steroid dienone is 4. The molecule has 0 aromatic rings. The van der Waals surface area contributed by atoms with E-state index in [4.69, 9.17) is 9.47 Å². The zero-order valence-electron chi connectivity index (χ0n) is 24.9. The molecule has 4 N–H and O–H groups in total. The van der Waals surface area contributed by atoms with Gasteiger partial charge in [0.05, 0.1) is 6.10 Å². The summed E-state index contributed by atoms with van der Waals surface area (Å²) in [5.74, 6) is 1.55. The van der Waals surface area contributed by atoms with Gasteiger partial charge in [-0.15, -0.1) is 0 Å². The van der Waals surface area contributed by atoms with E-state index in [0.717, 1.165) is 41.7 Å². The summed E-state index contributed by atoms with van der Waals surface area (Å²) in [7, 11) is 0. The maximum atomic E-state index is 11.5. The van der Waals surface area contributed by atoms with Gasteiger partial charge in [0.25, 0.3) is 0 Å². The smallest absolute Gasteiger partial charge is 0.335 e. The number of carboxylic acids is 1. The Hall–Kier alpha value is -1.51. The second kappa shape index (κ2) is 13.2. The van der Waals surface area contributed by atoms with E-state index in [1.807, 2.05) is 0 Å². The minimum atomic E-state index is -1.72. The van der Waals surface area contributed by atoms with Gasteiger partial charge < -0.3 is 29.9 Å². The lowest BCUT2D eigenvalue weighted by atomic mass is 9.60. The molecule has 0 radical (unpaired) electrons. The highest BCUT2D eigenvalue weighted by Crippen LogP contribution is 2.60. The summed E-state index contributed by atoms with van der Waals surface area (Å²) in [6.07, 6.45) is 8.55. The van der Waals surface area contributed by atoms with Crippen LogP contribution in [0.4, 0.5) is 0 Å². The quantitative estimate of drug-likeness (QED) is 0.293. The average molecular weight is 561 g/mol. The Labute approximate surface area is 240 Å². The van der Waals surface area contributed by atoms with Gasteiger partial charge in [-0.25, -0.2) is 4.79 Å². The lowest BCUT2D eigenvalue weighted by molar-refractivity contribution is -0.304. The highest BCUT2D eigenvalue weighted by Gasteiger charge is 2.51. The van der Waals surface area contributed by atoms with Gasteiger partial charge in [0.1, 0.15) is 18.3 Å². The molecule has 40 heavy (non-hydrogen) atoms. The maximum Gasteiger partial charge on any atom is 0.335 e. The van der Waals surface area contributed by atoms with E-state index >= 15 is 0 Å². The molecule has 0 spiro atoms. The zero-order valence-corrected chi connectivity index (χ0v) is 24.9. The van der Waals surface area contributed by atoms with E-state index in [1.165, 1.54) is 44.9 Å². The number of aliphatic hydroxyl groups is 3. The van der Waals surface area contributed by atoms with Crippen molar-refractivity contribution in [3.05, 3.63) is 35.5 Å². The summed E-state index contributed by atoms with van der Waals surface area (Å²) < 4.78 is 11.3. The Morgan fingerprint density at radius 1 is 1.07 bits per heavy atom. The van der Waals surface area contributed by atoms with Gasteiger partial charge in [-0.3, -0.25) is 0 Å². The summed E-state index contributed by atoms with van der Waals surface area (Å²) >= 11 is 0. The fourth-order valence-corrected chi connectivity index (χ4v) is 8.11. The highest BCUT2D eigenvalue weighted by atomic mass is 16.7. The van der Waals surface area contributed by atoms with Gasteiger partial charge in [0.2, 0.25) is 0 Å². The van der Waals surface area contributed by atoms with Crippen molar-refractivity contribution in [1.82, 2.24) is 0 Å². The van der Waals surface area contributed by atoms with Crippen LogP contribution in [-0.4, -0.2) is 63.2 Å². The third kappa shape index (κ3) is 6.75. The standard InChI is InChI=1S/C33H52O7/c1-19(2)8-6-9-21(4)25-15-16-26-22(10-7-17-33(25,26)5)12-13-23-18-24(14-11-20(23)3)39-32-29(36)27(34)28(35)30(40-32)31(37)38/h12-13,19,21,24-30,32,34-36H,3,6-11,14-18H2,1-2,4-5H3,(H,37,38). The van der Waals surface area contributed by atoms with Crippen LogP contribution in [0.25, 0.3) is 0 Å². The summed E-state index contributed by atoms with van der Waals surface area (Å²) in [6.45, 7) is 13.9. The SMILES string of the molecule is C=C1CCC(OC2OC(C(=O)O)C(O)C(O)C2O)CC1=CC=C1CCCC2(C)C1CCC2C(C)CCCC(C)C. The second-order valence-corrected chi connectivity index (χ2v) is 13.7. The molecule has 4 rings (SSSR count). The van der Waals surface area contributed by atoms with Crippen LogP contribution in [0.1, 0.15) is 98.3 Å². The average Bonchev–Trinajstić information content (AvgIpc) is 3.26. The molecule has 1 aliphatic heterocycles. The van der Waals surface area contributed by atoms with Crippen molar-refractivity contribution in [3.8, 4) is 0 Å². The van der Waals surface area contributed by atoms with Gasteiger partial charge in [-0.05, 0) is 86.0 Å². The summed E-state index contributed by atoms with van der Waals surface area (Å²) in [4.78, 5) is 11.5. The summed E-state index contributed by atoms with van der Waals surface area (Å²) in [5.41, 5.74) is 4.10. The normalized spacial score (nSPS) is 41.5. The van der Waals surface area contributed by atoms with Crippen molar-refractivity contribution < 1.29 is 34.7 Å². The van der Waals surface area contributed by atoms with Crippen LogP contribution in [0.2, 0.25) is 0 Å². The molecule has 0 aromatic carbocycles. The molecule has 4 aliphatic rings. The van der Waals surface area contributed by atoms with E-state index in [1.54, 1.807) is 5.57 Å². The number of carbonyl (C=O) groups is 1. The van der Waals surface area contributed by atoms with E-state index in [9.17, 15) is 25.2 Å². The Morgan fingerprint density at radius 3 is 2.52 bits per heavy atom. The third-order valence-corrected chi connectivity index (χ3v) is 10.5. The molecule has 1 heterocycles. The number of aliphatic carboxylic acids is 1. The van der Waals surface area contributed by atoms with Crippen molar-refractivity contribution in [2.24, 2.45) is 29.1 Å². The van der Waals surface area contributed by atoms with Crippen molar-refractivity contribution in [2.75, 3.05) is 0 Å². The Balaban J connectivity index is 1.42. The molecule has 7 heteroatoms. The van der Waals surface area contributed by atoms with Crippen molar-refractivity contribution in [3.63, 3.8) is 0 Å². The molecule has 0 amide bonds. The topological polar surface area (TPSA) is 116 Å². The minimum absolute atomic E-state index is 0.314. The third-order valence-electron chi connectivity index (χ3n) is 10.5. The first kappa shape index (κ1) is 31.4. The van der Waals surface area contributed by atoms with E-state index in [0.29, 0.717) is 24.2 Å². The molecule has 3 saturated carbocycles. The molecule has 7 nitrogen and oxygen atoms in total. The van der Waals surface area contributed by atoms with Crippen LogP contribution >= 0.6 is 0 Å². The summed E-state index contributed by atoms with van der Waals surface area (Å²) in [5, 5.41) is 39.8. The predicted octanol–water partition coefficient (Wildman–Crippen LogP) is 5.54. The molecule has 0 bridgehead atoms. The van der Waals surface area contributed by atoms with Crippen LogP contribution in [-0.2, 0) is 14.3 Å². The minimum Gasteiger partial charge on any atom is -0.479 e. The number of carboxylic acid groups (broad SMARTS) is 1. The molecule has 0 aromatic heterocycles. The van der Waals surface area contributed by atoms with Crippen LogP contribution in [0.3, 0.4) is 0 Å². The summed E-state index contributed by atoms with van der Waals surface area (Å²) in [6, 6.07) is 0. The number of hydrogen-bond acceptors (Lipinski definition) is 6. The zero-order chi connectivity index (χ0) is 29.2. The van der Waals surface area contributed by atoms with E-state index < -0.39 is 36.7 Å². The largest absolute Gasteiger partial charge is 0.479 e. The first-order valence-corrected chi connectivity index (χ1v) is 15.6. The first-order valence-electron chi connectivity index (χ1n) is 15.6. The van der Waals surface area contributed by atoms with Crippen LogP contribution < -0.4 is 0 Å². The fourth-order valence-electron chi connectivity index (χ4n) is 8.11. The van der Waals surface area contributed by atoms with Gasteiger partial charge in [0.15, 0.2) is 12.4 Å². The van der Waals surface area contributed by atoms with Gasteiger partial charge in [-0.2, -0.15) is 0 Å². The van der Waals surface area contributed by atoms with Crippen molar-refractivity contribution in [2.45, 2.75) is 135 Å².